The van der Waals surface area contributed by atoms with Crippen molar-refractivity contribution in [3.63, 3.8) is 0 Å². The summed E-state index contributed by atoms with van der Waals surface area (Å²) in [6, 6.07) is 5.27. The van der Waals surface area contributed by atoms with Gasteiger partial charge in [-0.05, 0) is 49.9 Å². The first-order chi connectivity index (χ1) is 13.8. The Hall–Kier alpha value is -2.77. The first-order valence-electron chi connectivity index (χ1n) is 9.83. The first kappa shape index (κ1) is 21.0. The van der Waals surface area contributed by atoms with Crippen molar-refractivity contribution in [2.75, 3.05) is 25.5 Å². The molecule has 2 fully saturated rings. The lowest BCUT2D eigenvalue weighted by Gasteiger charge is -2.36. The number of hydrogen-bond acceptors (Lipinski definition) is 5. The molecule has 0 aliphatic heterocycles. The smallest absolute Gasteiger partial charge is 0.309 e. The topological polar surface area (TPSA) is 92.8 Å². The van der Waals surface area contributed by atoms with Gasteiger partial charge in [0.25, 0.3) is 5.91 Å². The van der Waals surface area contributed by atoms with Gasteiger partial charge in [0, 0.05) is 24.6 Å². The quantitative estimate of drug-likeness (QED) is 0.734. The number of hydrogen-bond donors (Lipinski definition) is 1. The number of amides is 2. The standard InChI is InChI=1S/C21H25FN2O5/c1-24(11-18(25)23-17-7-5-16(22)6-8-17)19(26)12-29-21(28)15-9-13-3-2-4-14(10-15)20(13)27/h5-8,13-15H,2-4,9-12H2,1H3,(H,23,25)/t13-,14+,15?. The molecule has 1 aromatic carbocycles. The zero-order chi connectivity index (χ0) is 21.0. The van der Waals surface area contributed by atoms with Gasteiger partial charge >= 0.3 is 5.97 Å². The zero-order valence-electron chi connectivity index (χ0n) is 16.4. The number of anilines is 1. The van der Waals surface area contributed by atoms with E-state index in [2.05, 4.69) is 5.32 Å². The molecule has 0 spiro atoms. The van der Waals surface area contributed by atoms with Gasteiger partial charge in [-0.2, -0.15) is 0 Å². The van der Waals surface area contributed by atoms with Gasteiger partial charge in [-0.1, -0.05) is 6.42 Å². The van der Waals surface area contributed by atoms with Gasteiger partial charge < -0.3 is 15.0 Å². The highest BCUT2D eigenvalue weighted by Gasteiger charge is 2.41. The summed E-state index contributed by atoms with van der Waals surface area (Å²) in [4.78, 5) is 49.8. The van der Waals surface area contributed by atoms with Crippen LogP contribution in [0, 0.1) is 23.6 Å². The number of fused-ring (bicyclic) bond motifs is 2. The molecule has 2 aliphatic rings. The number of ketones is 1. The Bertz CT molecular complexity index is 779. The number of ether oxygens (including phenoxy) is 1. The molecule has 0 radical (unpaired) electrons. The van der Waals surface area contributed by atoms with Crippen LogP contribution in [0.1, 0.15) is 32.1 Å². The number of carbonyl (C=O) groups excluding carboxylic acids is 4. The van der Waals surface area contributed by atoms with Crippen molar-refractivity contribution in [1.29, 1.82) is 0 Å². The van der Waals surface area contributed by atoms with Crippen molar-refractivity contribution >= 4 is 29.3 Å². The molecule has 2 saturated carbocycles. The maximum atomic E-state index is 12.9. The third kappa shape index (κ3) is 5.40. The molecule has 0 aromatic heterocycles. The number of likely N-dealkylation sites (N-methyl/N-ethyl adjacent to an activating group) is 1. The molecule has 3 atom stereocenters. The lowest BCUT2D eigenvalue weighted by molar-refractivity contribution is -0.158. The molecule has 0 saturated heterocycles. The van der Waals surface area contributed by atoms with Gasteiger partial charge in [0.1, 0.15) is 11.6 Å². The van der Waals surface area contributed by atoms with E-state index in [1.165, 1.54) is 31.3 Å². The van der Waals surface area contributed by atoms with E-state index in [9.17, 15) is 23.6 Å². The molecule has 3 rings (SSSR count). The van der Waals surface area contributed by atoms with Crippen LogP contribution in [0.2, 0.25) is 0 Å². The SMILES string of the molecule is CN(CC(=O)Nc1ccc(F)cc1)C(=O)COC(=O)C1C[C@H]2CCC[C@@H](C1)C2=O. The maximum Gasteiger partial charge on any atom is 0.309 e. The largest absolute Gasteiger partial charge is 0.455 e. The van der Waals surface area contributed by atoms with Gasteiger partial charge in [-0.3, -0.25) is 19.2 Å². The van der Waals surface area contributed by atoms with Crippen LogP contribution in [0.15, 0.2) is 24.3 Å². The van der Waals surface area contributed by atoms with E-state index in [4.69, 9.17) is 4.74 Å². The summed E-state index contributed by atoms with van der Waals surface area (Å²) in [5.41, 5.74) is 0.418. The second-order valence-electron chi connectivity index (χ2n) is 7.81. The Balaban J connectivity index is 1.42. The number of nitrogens with one attached hydrogen (secondary N) is 1. The molecule has 2 amide bonds. The van der Waals surface area contributed by atoms with Crippen molar-refractivity contribution in [3.05, 3.63) is 30.1 Å². The number of carbonyl (C=O) groups is 4. The summed E-state index contributed by atoms with van der Waals surface area (Å²) in [5.74, 6) is -2.01. The van der Waals surface area contributed by atoms with E-state index in [1.54, 1.807) is 0 Å². The van der Waals surface area contributed by atoms with E-state index in [-0.39, 0.29) is 30.1 Å². The zero-order valence-corrected chi connectivity index (χ0v) is 16.4. The molecule has 1 N–H and O–H groups in total. The lowest BCUT2D eigenvalue weighted by atomic mass is 9.67. The molecule has 2 bridgehead atoms. The summed E-state index contributed by atoms with van der Waals surface area (Å²) in [7, 11) is 1.43. The highest BCUT2D eigenvalue weighted by atomic mass is 19.1. The lowest BCUT2D eigenvalue weighted by Crippen LogP contribution is -2.41. The highest BCUT2D eigenvalue weighted by Crippen LogP contribution is 2.40. The fourth-order valence-corrected chi connectivity index (χ4v) is 4.07. The molecular formula is C21H25FN2O5. The number of nitrogens with zero attached hydrogens (tertiary/aromatic N) is 1. The van der Waals surface area contributed by atoms with Gasteiger partial charge in [-0.25, -0.2) is 4.39 Å². The van der Waals surface area contributed by atoms with Crippen LogP contribution in [0.5, 0.6) is 0 Å². The van der Waals surface area contributed by atoms with Crippen LogP contribution in [0.4, 0.5) is 10.1 Å². The third-order valence-corrected chi connectivity index (χ3v) is 5.65. The summed E-state index contributed by atoms with van der Waals surface area (Å²) in [5, 5.41) is 2.56. The van der Waals surface area contributed by atoms with Crippen molar-refractivity contribution in [2.24, 2.45) is 17.8 Å². The number of benzene rings is 1. The Kier molecular flexibility index (Phi) is 6.61. The van der Waals surface area contributed by atoms with Crippen LogP contribution in [0.25, 0.3) is 0 Å². The maximum absolute atomic E-state index is 12.9. The van der Waals surface area contributed by atoms with E-state index in [0.29, 0.717) is 18.5 Å². The van der Waals surface area contributed by atoms with Gasteiger partial charge in [0.15, 0.2) is 6.61 Å². The van der Waals surface area contributed by atoms with Crippen molar-refractivity contribution in [1.82, 2.24) is 4.90 Å². The fraction of sp³-hybridized carbons (Fsp3) is 0.524. The Morgan fingerprint density at radius 3 is 2.38 bits per heavy atom. The normalized spacial score (nSPS) is 23.2. The molecule has 156 valence electrons. The fourth-order valence-electron chi connectivity index (χ4n) is 4.07. The number of Topliss-reactive ketones (excluding diaryl/α,β-unsaturated/α-hetero) is 1. The molecule has 1 aromatic rings. The Morgan fingerprint density at radius 1 is 1.14 bits per heavy atom. The molecule has 1 unspecified atom stereocenters. The van der Waals surface area contributed by atoms with Crippen LogP contribution in [-0.4, -0.2) is 48.7 Å². The minimum absolute atomic E-state index is 0.0615. The molecule has 29 heavy (non-hydrogen) atoms. The average molecular weight is 404 g/mol. The average Bonchev–Trinajstić information content (AvgIpc) is 2.67. The Morgan fingerprint density at radius 2 is 1.76 bits per heavy atom. The van der Waals surface area contributed by atoms with E-state index < -0.39 is 30.2 Å². The van der Waals surface area contributed by atoms with Crippen molar-refractivity contribution < 1.29 is 28.3 Å². The second-order valence-corrected chi connectivity index (χ2v) is 7.81. The number of rotatable bonds is 6. The molecule has 7 nitrogen and oxygen atoms in total. The highest BCUT2D eigenvalue weighted by molar-refractivity contribution is 5.95. The van der Waals surface area contributed by atoms with Crippen molar-refractivity contribution in [3.8, 4) is 0 Å². The monoisotopic (exact) mass is 404 g/mol. The number of halogens is 1. The molecule has 8 heteroatoms. The molecule has 0 heterocycles. The van der Waals surface area contributed by atoms with Crippen LogP contribution < -0.4 is 5.32 Å². The van der Waals surface area contributed by atoms with E-state index in [1.807, 2.05) is 0 Å². The summed E-state index contributed by atoms with van der Waals surface area (Å²) in [6.07, 6.45) is 3.66. The van der Waals surface area contributed by atoms with Gasteiger partial charge in [0.2, 0.25) is 5.91 Å². The Labute approximate surface area is 168 Å². The molecule has 2 aliphatic carbocycles. The first-order valence-corrected chi connectivity index (χ1v) is 9.83. The number of esters is 1. The van der Waals surface area contributed by atoms with E-state index in [0.717, 1.165) is 24.2 Å². The van der Waals surface area contributed by atoms with Crippen LogP contribution in [0.3, 0.4) is 0 Å². The van der Waals surface area contributed by atoms with Gasteiger partial charge in [0.05, 0.1) is 12.5 Å². The summed E-state index contributed by atoms with van der Waals surface area (Å²) < 4.78 is 18.0. The van der Waals surface area contributed by atoms with E-state index >= 15 is 0 Å². The minimum Gasteiger partial charge on any atom is -0.455 e. The second kappa shape index (κ2) is 9.15. The predicted molar refractivity (Wildman–Crippen MR) is 102 cm³/mol. The van der Waals surface area contributed by atoms with Gasteiger partial charge in [-0.15, -0.1) is 0 Å². The summed E-state index contributed by atoms with van der Waals surface area (Å²) >= 11 is 0. The molecular weight excluding hydrogens is 379 g/mol. The predicted octanol–water partition coefficient (Wildman–Crippen LogP) is 2.16. The van der Waals surface area contributed by atoms with Crippen LogP contribution in [-0.2, 0) is 23.9 Å². The van der Waals surface area contributed by atoms with Crippen LogP contribution >= 0.6 is 0 Å². The summed E-state index contributed by atoms with van der Waals surface area (Å²) in [6.45, 7) is -0.672. The minimum atomic E-state index is -0.500. The third-order valence-electron chi connectivity index (χ3n) is 5.65. The van der Waals surface area contributed by atoms with Crippen molar-refractivity contribution in [2.45, 2.75) is 32.1 Å².